The van der Waals surface area contributed by atoms with Crippen LogP contribution in [0.15, 0.2) is 179 Å². The van der Waals surface area contributed by atoms with Crippen molar-refractivity contribution in [2.75, 3.05) is 0 Å². The molecule has 0 fully saturated rings. The highest BCUT2D eigenvalue weighted by atomic mass is 16.3. The molecule has 0 atom stereocenters. The predicted molar refractivity (Wildman–Crippen MR) is 207 cm³/mol. The van der Waals surface area contributed by atoms with Crippen molar-refractivity contribution in [3.05, 3.63) is 170 Å². The van der Waals surface area contributed by atoms with Crippen molar-refractivity contribution in [1.29, 1.82) is 0 Å². The molecular formula is C46H28N4O2. The molecule has 6 heteroatoms. The summed E-state index contributed by atoms with van der Waals surface area (Å²) in [5.74, 6) is 2.40. The molecule has 0 amide bonds. The number of fused-ring (bicyclic) bond motifs is 4. The van der Waals surface area contributed by atoms with Crippen LogP contribution in [0.4, 0.5) is 0 Å². The molecule has 0 aliphatic rings. The summed E-state index contributed by atoms with van der Waals surface area (Å²) in [5, 5.41) is 2.15. The number of hydrogen-bond acceptors (Lipinski definition) is 6. The standard InChI is InChI=1S/C46H28N4O2/c1-3-11-31(12-4-1)43-48-44(50-45(49-43)35-25-26-38-37-17-7-8-20-40(37)51-41(38)28-35)34-16-9-15-33(27-34)29-21-23-30(24-22-29)36-18-10-19-39-42(36)52-46(47-39)32-13-5-2-6-14-32/h1-28H. The van der Waals surface area contributed by atoms with Gasteiger partial charge in [0.1, 0.15) is 16.7 Å². The van der Waals surface area contributed by atoms with E-state index < -0.39 is 0 Å². The van der Waals surface area contributed by atoms with Crippen LogP contribution in [0, 0.1) is 0 Å². The van der Waals surface area contributed by atoms with Crippen LogP contribution >= 0.6 is 0 Å². The van der Waals surface area contributed by atoms with Gasteiger partial charge in [0, 0.05) is 38.6 Å². The van der Waals surface area contributed by atoms with Crippen LogP contribution in [0.5, 0.6) is 0 Å². The Morgan fingerprint density at radius 3 is 1.69 bits per heavy atom. The topological polar surface area (TPSA) is 77.8 Å². The number of furan rings is 1. The van der Waals surface area contributed by atoms with E-state index in [4.69, 9.17) is 28.8 Å². The molecule has 0 N–H and O–H groups in total. The zero-order valence-electron chi connectivity index (χ0n) is 27.8. The Kier molecular flexibility index (Phi) is 7.03. The van der Waals surface area contributed by atoms with Gasteiger partial charge in [-0.25, -0.2) is 19.9 Å². The first-order valence-electron chi connectivity index (χ1n) is 17.1. The second kappa shape index (κ2) is 12.3. The minimum atomic E-state index is 0.581. The first kappa shape index (κ1) is 29.7. The minimum absolute atomic E-state index is 0.581. The largest absolute Gasteiger partial charge is 0.456 e. The number of rotatable bonds is 6. The Morgan fingerprint density at radius 1 is 0.327 bits per heavy atom. The van der Waals surface area contributed by atoms with Gasteiger partial charge in [-0.15, -0.1) is 0 Å². The van der Waals surface area contributed by atoms with Gasteiger partial charge in [-0.05, 0) is 59.2 Å². The molecule has 10 aromatic rings. The molecular weight excluding hydrogens is 641 g/mol. The van der Waals surface area contributed by atoms with Crippen LogP contribution in [0.25, 0.3) is 101 Å². The predicted octanol–water partition coefficient (Wildman–Crippen LogP) is 11.9. The molecule has 244 valence electrons. The monoisotopic (exact) mass is 668 g/mol. The third-order valence-corrected chi connectivity index (χ3v) is 9.39. The lowest BCUT2D eigenvalue weighted by Crippen LogP contribution is -2.00. The molecule has 0 radical (unpaired) electrons. The van der Waals surface area contributed by atoms with E-state index in [-0.39, 0.29) is 0 Å². The fraction of sp³-hybridized carbons (Fsp3) is 0. The minimum Gasteiger partial charge on any atom is -0.456 e. The van der Waals surface area contributed by atoms with E-state index >= 15 is 0 Å². The van der Waals surface area contributed by atoms with E-state index in [1.165, 1.54) is 0 Å². The van der Waals surface area contributed by atoms with E-state index in [1.54, 1.807) is 0 Å². The average molecular weight is 669 g/mol. The SMILES string of the molecule is c1ccc(-c2nc(-c3cccc(-c4ccc(-c5cccc6nc(-c7ccccc7)oc56)cc4)c3)nc(-c3ccc4c(c3)oc3ccccc34)n2)cc1. The molecule has 0 spiro atoms. The first-order valence-corrected chi connectivity index (χ1v) is 17.1. The molecule has 0 unspecified atom stereocenters. The summed E-state index contributed by atoms with van der Waals surface area (Å²) in [6, 6.07) is 57.2. The molecule has 10 rings (SSSR count). The van der Waals surface area contributed by atoms with Gasteiger partial charge in [0.05, 0.1) is 0 Å². The molecule has 0 saturated heterocycles. The van der Waals surface area contributed by atoms with Gasteiger partial charge in [0.15, 0.2) is 23.1 Å². The van der Waals surface area contributed by atoms with Gasteiger partial charge < -0.3 is 8.83 Å². The summed E-state index contributed by atoms with van der Waals surface area (Å²) in [4.78, 5) is 19.7. The summed E-state index contributed by atoms with van der Waals surface area (Å²) >= 11 is 0. The first-order chi connectivity index (χ1) is 25.7. The second-order valence-electron chi connectivity index (χ2n) is 12.7. The lowest BCUT2D eigenvalue weighted by atomic mass is 9.98. The van der Waals surface area contributed by atoms with Gasteiger partial charge in [-0.2, -0.15) is 0 Å². The molecule has 6 nitrogen and oxygen atoms in total. The fourth-order valence-electron chi connectivity index (χ4n) is 6.78. The van der Waals surface area contributed by atoms with Crippen LogP contribution in [-0.2, 0) is 0 Å². The van der Waals surface area contributed by atoms with Crippen LogP contribution in [0.2, 0.25) is 0 Å². The summed E-state index contributed by atoms with van der Waals surface area (Å²) in [5.41, 5.74) is 11.1. The highest BCUT2D eigenvalue weighted by Crippen LogP contribution is 2.35. The number of oxazole rings is 1. The summed E-state index contributed by atoms with van der Waals surface area (Å²) < 4.78 is 12.5. The van der Waals surface area contributed by atoms with Crippen molar-refractivity contribution in [2.24, 2.45) is 0 Å². The van der Waals surface area contributed by atoms with Crippen LogP contribution in [-0.4, -0.2) is 19.9 Å². The van der Waals surface area contributed by atoms with E-state index in [1.807, 2.05) is 109 Å². The zero-order valence-corrected chi connectivity index (χ0v) is 27.8. The molecule has 0 aliphatic carbocycles. The normalized spacial score (nSPS) is 11.5. The van der Waals surface area contributed by atoms with E-state index in [0.29, 0.717) is 23.4 Å². The number of benzene rings is 7. The zero-order chi connectivity index (χ0) is 34.4. The average Bonchev–Trinajstić information content (AvgIpc) is 3.83. The molecule has 0 bridgehead atoms. The van der Waals surface area contributed by atoms with Crippen molar-refractivity contribution in [3.63, 3.8) is 0 Å². The Labute approximate surface area is 298 Å². The van der Waals surface area contributed by atoms with Gasteiger partial charge >= 0.3 is 0 Å². The molecule has 0 saturated carbocycles. The van der Waals surface area contributed by atoms with Crippen molar-refractivity contribution in [1.82, 2.24) is 19.9 Å². The van der Waals surface area contributed by atoms with Crippen LogP contribution < -0.4 is 0 Å². The van der Waals surface area contributed by atoms with Crippen LogP contribution in [0.3, 0.4) is 0 Å². The van der Waals surface area contributed by atoms with E-state index in [2.05, 4.69) is 60.7 Å². The second-order valence-corrected chi connectivity index (χ2v) is 12.7. The number of aromatic nitrogens is 4. The fourth-order valence-corrected chi connectivity index (χ4v) is 6.78. The Balaban J connectivity index is 1.02. The van der Waals surface area contributed by atoms with Crippen molar-refractivity contribution >= 4 is 33.0 Å². The molecule has 3 aromatic heterocycles. The lowest BCUT2D eigenvalue weighted by molar-refractivity contribution is 0.621. The number of nitrogens with zero attached hydrogens (tertiary/aromatic N) is 4. The summed E-state index contributed by atoms with van der Waals surface area (Å²) in [6.07, 6.45) is 0. The smallest absolute Gasteiger partial charge is 0.227 e. The highest BCUT2D eigenvalue weighted by molar-refractivity contribution is 6.05. The van der Waals surface area contributed by atoms with Crippen molar-refractivity contribution < 1.29 is 8.83 Å². The third kappa shape index (κ3) is 5.30. The van der Waals surface area contributed by atoms with Crippen LogP contribution in [0.1, 0.15) is 0 Å². The number of para-hydroxylation sites is 2. The van der Waals surface area contributed by atoms with Gasteiger partial charge in [-0.1, -0.05) is 127 Å². The lowest BCUT2D eigenvalue weighted by Gasteiger charge is -2.10. The summed E-state index contributed by atoms with van der Waals surface area (Å²) in [7, 11) is 0. The summed E-state index contributed by atoms with van der Waals surface area (Å²) in [6.45, 7) is 0. The van der Waals surface area contributed by atoms with E-state index in [0.717, 1.165) is 77.5 Å². The van der Waals surface area contributed by atoms with E-state index in [9.17, 15) is 0 Å². The third-order valence-electron chi connectivity index (χ3n) is 9.39. The molecule has 52 heavy (non-hydrogen) atoms. The Hall–Kier alpha value is -7.18. The van der Waals surface area contributed by atoms with Gasteiger partial charge in [-0.3, -0.25) is 0 Å². The Bertz CT molecular complexity index is 2900. The quantitative estimate of drug-likeness (QED) is 0.175. The van der Waals surface area contributed by atoms with Crippen molar-refractivity contribution in [2.45, 2.75) is 0 Å². The molecule has 3 heterocycles. The maximum atomic E-state index is 6.30. The molecule has 7 aromatic carbocycles. The number of hydrogen-bond donors (Lipinski definition) is 0. The maximum absolute atomic E-state index is 6.30. The van der Waals surface area contributed by atoms with Crippen molar-refractivity contribution in [3.8, 4) is 67.9 Å². The van der Waals surface area contributed by atoms with Gasteiger partial charge in [0.25, 0.3) is 0 Å². The molecule has 0 aliphatic heterocycles. The maximum Gasteiger partial charge on any atom is 0.227 e. The van der Waals surface area contributed by atoms with Gasteiger partial charge in [0.2, 0.25) is 5.89 Å². The Morgan fingerprint density at radius 2 is 0.904 bits per heavy atom. The highest BCUT2D eigenvalue weighted by Gasteiger charge is 2.16.